The molecule has 2 aromatic heterocycles. The van der Waals surface area contributed by atoms with Gasteiger partial charge >= 0.3 is 6.18 Å². The summed E-state index contributed by atoms with van der Waals surface area (Å²) >= 11 is 0.959. The third-order valence-corrected chi connectivity index (χ3v) is 7.98. The normalized spacial score (nSPS) is 14.5. The molecule has 10 nitrogen and oxygen atoms in total. The minimum atomic E-state index is -4.60. The number of likely N-dealkylation sites (N-methyl/N-ethyl adjacent to an activating group) is 1. The van der Waals surface area contributed by atoms with Crippen molar-refractivity contribution in [1.29, 1.82) is 5.26 Å². The number of rotatable bonds is 8. The second-order valence-electron chi connectivity index (χ2n) is 8.61. The molecular formula is C24H20F3N7O3S2. The van der Waals surface area contributed by atoms with E-state index in [0.717, 1.165) is 36.3 Å². The molecule has 0 aliphatic carbocycles. The van der Waals surface area contributed by atoms with E-state index >= 15 is 0 Å². The number of sulfonamides is 1. The van der Waals surface area contributed by atoms with Gasteiger partial charge in [-0.2, -0.15) is 27.9 Å². The van der Waals surface area contributed by atoms with Gasteiger partial charge < -0.3 is 4.74 Å². The average molecular weight is 576 g/mol. The van der Waals surface area contributed by atoms with Crippen molar-refractivity contribution in [3.8, 4) is 28.8 Å². The van der Waals surface area contributed by atoms with Crippen molar-refractivity contribution in [3.63, 3.8) is 0 Å². The first-order valence-electron chi connectivity index (χ1n) is 11.6. The number of aromatic nitrogens is 4. The molecule has 0 spiro atoms. The van der Waals surface area contributed by atoms with Crippen molar-refractivity contribution in [1.82, 2.24) is 24.0 Å². The zero-order valence-corrected chi connectivity index (χ0v) is 21.9. The monoisotopic (exact) mass is 575 g/mol. The van der Waals surface area contributed by atoms with Gasteiger partial charge in [0.1, 0.15) is 23.1 Å². The van der Waals surface area contributed by atoms with Crippen LogP contribution in [-0.4, -0.2) is 52.1 Å². The molecule has 2 aromatic carbocycles. The van der Waals surface area contributed by atoms with Crippen LogP contribution in [0, 0.1) is 11.3 Å². The van der Waals surface area contributed by atoms with Crippen molar-refractivity contribution in [2.75, 3.05) is 24.4 Å². The SMILES string of the molecule is CCN1CC(n2nccc2-c2cc(C(F)(F)F)ccc2Oc2ccc(S(=O)(=O)Nc3ncsn3)cc2C#N)C1. The summed E-state index contributed by atoms with van der Waals surface area (Å²) in [5.41, 5.74) is 0.906. The number of alkyl halides is 3. The van der Waals surface area contributed by atoms with Crippen LogP contribution in [0.2, 0.25) is 0 Å². The van der Waals surface area contributed by atoms with Gasteiger partial charge in [0.05, 0.1) is 27.8 Å². The van der Waals surface area contributed by atoms with Crippen molar-refractivity contribution in [2.45, 2.75) is 24.0 Å². The van der Waals surface area contributed by atoms with Gasteiger partial charge in [-0.3, -0.25) is 9.58 Å². The molecule has 0 radical (unpaired) electrons. The Kier molecular flexibility index (Phi) is 7.02. The maximum absolute atomic E-state index is 13.6. The van der Waals surface area contributed by atoms with Gasteiger partial charge in [0, 0.05) is 24.8 Å². The van der Waals surface area contributed by atoms with Gasteiger partial charge in [0.15, 0.2) is 0 Å². The predicted octanol–water partition coefficient (Wildman–Crippen LogP) is 4.76. The van der Waals surface area contributed by atoms with E-state index in [-0.39, 0.29) is 39.5 Å². The van der Waals surface area contributed by atoms with Crippen LogP contribution >= 0.6 is 11.5 Å². The number of likely N-dealkylation sites (tertiary alicyclic amines) is 1. The lowest BCUT2D eigenvalue weighted by Gasteiger charge is -2.39. The predicted molar refractivity (Wildman–Crippen MR) is 136 cm³/mol. The van der Waals surface area contributed by atoms with Gasteiger partial charge in [-0.05, 0) is 60.5 Å². The topological polar surface area (TPSA) is 126 Å². The number of nitrogens with zero attached hydrogens (tertiary/aromatic N) is 6. The van der Waals surface area contributed by atoms with Crippen LogP contribution in [0.4, 0.5) is 19.1 Å². The lowest BCUT2D eigenvalue weighted by atomic mass is 10.0. The van der Waals surface area contributed by atoms with E-state index in [1.807, 2.05) is 13.0 Å². The van der Waals surface area contributed by atoms with Crippen LogP contribution in [0.5, 0.6) is 11.5 Å². The van der Waals surface area contributed by atoms with Crippen LogP contribution in [-0.2, 0) is 16.2 Å². The molecule has 202 valence electrons. The van der Waals surface area contributed by atoms with E-state index < -0.39 is 21.8 Å². The number of nitrogens with one attached hydrogen (secondary N) is 1. The van der Waals surface area contributed by atoms with Crippen LogP contribution < -0.4 is 9.46 Å². The first-order valence-corrected chi connectivity index (χ1v) is 13.9. The van der Waals surface area contributed by atoms with Gasteiger partial charge in [0.25, 0.3) is 10.0 Å². The zero-order chi connectivity index (χ0) is 27.8. The van der Waals surface area contributed by atoms with Crippen LogP contribution in [0.3, 0.4) is 0 Å². The molecule has 1 aliphatic rings. The molecule has 1 fully saturated rings. The van der Waals surface area contributed by atoms with Gasteiger partial charge in [-0.1, -0.05) is 6.92 Å². The molecule has 0 unspecified atom stereocenters. The Morgan fingerprint density at radius 1 is 1.18 bits per heavy atom. The zero-order valence-electron chi connectivity index (χ0n) is 20.3. The number of halogens is 3. The van der Waals surface area contributed by atoms with Crippen molar-refractivity contribution in [3.05, 3.63) is 65.3 Å². The number of benzene rings is 2. The molecule has 0 saturated carbocycles. The number of hydrogen-bond acceptors (Lipinski definition) is 9. The summed E-state index contributed by atoms with van der Waals surface area (Å²) < 4.78 is 79.9. The summed E-state index contributed by atoms with van der Waals surface area (Å²) in [5, 5.41) is 14.1. The molecule has 1 saturated heterocycles. The molecule has 15 heteroatoms. The summed E-state index contributed by atoms with van der Waals surface area (Å²) in [6.07, 6.45) is -3.08. The van der Waals surface area contributed by atoms with E-state index in [4.69, 9.17) is 4.74 Å². The Balaban J connectivity index is 1.51. The molecule has 3 heterocycles. The highest BCUT2D eigenvalue weighted by molar-refractivity contribution is 7.92. The fourth-order valence-electron chi connectivity index (χ4n) is 4.14. The van der Waals surface area contributed by atoms with Crippen molar-refractivity contribution >= 4 is 27.5 Å². The first-order chi connectivity index (χ1) is 18.6. The Morgan fingerprint density at radius 3 is 2.62 bits per heavy atom. The summed E-state index contributed by atoms with van der Waals surface area (Å²) in [4.78, 5) is 5.71. The quantitative estimate of drug-likeness (QED) is 0.319. The first kappa shape index (κ1) is 26.6. The fourth-order valence-corrected chi connectivity index (χ4v) is 5.56. The Hall–Kier alpha value is -4.00. The highest BCUT2D eigenvalue weighted by atomic mass is 32.2. The van der Waals surface area contributed by atoms with E-state index in [1.165, 1.54) is 29.9 Å². The number of nitriles is 1. The lowest BCUT2D eigenvalue weighted by Crippen LogP contribution is -2.47. The van der Waals surface area contributed by atoms with E-state index in [0.29, 0.717) is 18.8 Å². The van der Waals surface area contributed by atoms with Gasteiger partial charge in [-0.15, -0.1) is 0 Å². The lowest BCUT2D eigenvalue weighted by molar-refractivity contribution is -0.137. The van der Waals surface area contributed by atoms with Gasteiger partial charge in [0.2, 0.25) is 5.95 Å². The molecule has 0 bridgehead atoms. The maximum Gasteiger partial charge on any atom is 0.416 e. The van der Waals surface area contributed by atoms with E-state index in [2.05, 4.69) is 24.1 Å². The highest BCUT2D eigenvalue weighted by Crippen LogP contribution is 2.41. The highest BCUT2D eigenvalue weighted by Gasteiger charge is 2.33. The van der Waals surface area contributed by atoms with E-state index in [9.17, 15) is 26.9 Å². The third kappa shape index (κ3) is 5.44. The standard InChI is InChI=1S/C24H20F3N7O3S2/c1-2-33-12-17(13-33)34-20(7-8-30-34)19-10-16(24(25,26)27)3-5-22(19)37-21-6-4-18(9-15(21)11-28)39(35,36)32-23-29-14-38-31-23/h3-10,14,17H,2,12-13H2,1H3,(H,31,32). The second kappa shape index (κ2) is 10.3. The summed E-state index contributed by atoms with van der Waals surface area (Å²) in [5.74, 6) is -0.0946. The summed E-state index contributed by atoms with van der Waals surface area (Å²) in [6, 6.07) is 10.1. The third-order valence-electron chi connectivity index (χ3n) is 6.17. The average Bonchev–Trinajstić information content (AvgIpc) is 3.55. The van der Waals surface area contributed by atoms with Crippen LogP contribution in [0.25, 0.3) is 11.3 Å². The van der Waals surface area contributed by atoms with Gasteiger partial charge in [-0.25, -0.2) is 18.1 Å². The Bertz CT molecular complexity index is 1640. The van der Waals surface area contributed by atoms with Crippen molar-refractivity contribution in [2.24, 2.45) is 0 Å². The molecule has 39 heavy (non-hydrogen) atoms. The summed E-state index contributed by atoms with van der Waals surface area (Å²) in [7, 11) is -4.11. The molecule has 1 N–H and O–H groups in total. The maximum atomic E-state index is 13.6. The molecule has 1 aliphatic heterocycles. The molecule has 5 rings (SSSR count). The molecular weight excluding hydrogens is 555 g/mol. The number of ether oxygens (including phenoxy) is 1. The van der Waals surface area contributed by atoms with Crippen molar-refractivity contribution < 1.29 is 26.3 Å². The molecule has 0 atom stereocenters. The number of anilines is 1. The Morgan fingerprint density at radius 2 is 1.95 bits per heavy atom. The minimum Gasteiger partial charge on any atom is -0.455 e. The smallest absolute Gasteiger partial charge is 0.416 e. The van der Waals surface area contributed by atoms with Crippen LogP contribution in [0.15, 0.2) is 59.1 Å². The number of hydrogen-bond donors (Lipinski definition) is 1. The molecule has 4 aromatic rings. The second-order valence-corrected chi connectivity index (χ2v) is 10.9. The Labute approximate surface area is 225 Å². The largest absolute Gasteiger partial charge is 0.455 e. The molecule has 0 amide bonds. The van der Waals surface area contributed by atoms with Crippen LogP contribution in [0.1, 0.15) is 24.1 Å². The summed E-state index contributed by atoms with van der Waals surface area (Å²) in [6.45, 7) is 4.29. The minimum absolute atomic E-state index is 0.0174. The van der Waals surface area contributed by atoms with E-state index in [1.54, 1.807) is 10.7 Å². The fraction of sp³-hybridized carbons (Fsp3) is 0.250.